The first kappa shape index (κ1) is 19.8. The average molecular weight is 402 g/mol. The van der Waals surface area contributed by atoms with E-state index >= 15 is 0 Å². The zero-order valence-electron chi connectivity index (χ0n) is 16.9. The number of nitrogens with two attached hydrogens (primary N) is 1. The summed E-state index contributed by atoms with van der Waals surface area (Å²) in [6.07, 6.45) is 1.77. The second-order valence-electron chi connectivity index (χ2n) is 7.77. The molecule has 4 N–H and O–H groups in total. The van der Waals surface area contributed by atoms with Crippen molar-refractivity contribution in [1.82, 2.24) is 9.97 Å². The predicted octanol–water partition coefficient (Wildman–Crippen LogP) is 4.86. The minimum Gasteiger partial charge on any atom is -0.396 e. The molecule has 0 aliphatic rings. The maximum Gasteiger partial charge on any atom is 0.150 e. The van der Waals surface area contributed by atoms with Crippen LogP contribution in [0.25, 0.3) is 22.2 Å². The summed E-state index contributed by atoms with van der Waals surface area (Å²) >= 11 is 0. The van der Waals surface area contributed by atoms with Gasteiger partial charge in [0, 0.05) is 29.3 Å². The van der Waals surface area contributed by atoms with E-state index in [2.05, 4.69) is 21.4 Å². The fourth-order valence-corrected chi connectivity index (χ4v) is 3.36. The van der Waals surface area contributed by atoms with Crippen molar-refractivity contribution in [2.75, 3.05) is 11.1 Å². The summed E-state index contributed by atoms with van der Waals surface area (Å²) in [5.74, 6) is 0.0589. The molecule has 5 nitrogen and oxygen atoms in total. The average Bonchev–Trinajstić information content (AvgIpc) is 2.72. The highest BCUT2D eigenvalue weighted by Crippen LogP contribution is 2.29. The van der Waals surface area contributed by atoms with Gasteiger partial charge >= 0.3 is 0 Å². The standard InChI is InChI=1S/C24H23FN4O/c1-24(2,30)18-7-6-17(13-19(18)25)22-10-8-20(26)23(29-22)28-14-15-5-9-21-16(12-15)4-3-11-27-21/h3-13,30H,14,26H2,1-2H3,(H,28,29). The number of pyridine rings is 2. The Bertz CT molecular complexity index is 1220. The van der Waals surface area contributed by atoms with Crippen molar-refractivity contribution in [1.29, 1.82) is 0 Å². The fourth-order valence-electron chi connectivity index (χ4n) is 3.36. The quantitative estimate of drug-likeness (QED) is 0.444. The van der Waals surface area contributed by atoms with E-state index in [1.165, 1.54) is 6.07 Å². The van der Waals surface area contributed by atoms with Crippen molar-refractivity contribution < 1.29 is 9.50 Å². The molecule has 2 aromatic heterocycles. The molecule has 4 rings (SSSR count). The van der Waals surface area contributed by atoms with Crippen LogP contribution in [-0.2, 0) is 12.1 Å². The number of rotatable bonds is 5. The number of aliphatic hydroxyl groups is 1. The van der Waals surface area contributed by atoms with E-state index in [1.807, 2.05) is 24.3 Å². The first-order valence-electron chi connectivity index (χ1n) is 9.68. The maximum atomic E-state index is 14.5. The largest absolute Gasteiger partial charge is 0.396 e. The van der Waals surface area contributed by atoms with Gasteiger partial charge in [-0.2, -0.15) is 0 Å². The number of nitrogens with zero attached hydrogens (tertiary/aromatic N) is 2. The molecule has 4 aromatic rings. The molecule has 0 aliphatic carbocycles. The van der Waals surface area contributed by atoms with Crippen molar-refractivity contribution in [3.8, 4) is 11.3 Å². The van der Waals surface area contributed by atoms with Crippen molar-refractivity contribution in [3.63, 3.8) is 0 Å². The molecule has 0 radical (unpaired) electrons. The summed E-state index contributed by atoms with van der Waals surface area (Å²) in [6, 6.07) is 18.2. The van der Waals surface area contributed by atoms with Crippen molar-refractivity contribution in [3.05, 3.63) is 83.8 Å². The summed E-state index contributed by atoms with van der Waals surface area (Å²) in [5.41, 5.74) is 8.81. The lowest BCUT2D eigenvalue weighted by atomic mass is 9.96. The summed E-state index contributed by atoms with van der Waals surface area (Å²) in [4.78, 5) is 8.90. The molecule has 0 amide bonds. The first-order valence-corrected chi connectivity index (χ1v) is 9.68. The minimum absolute atomic E-state index is 0.242. The zero-order chi connectivity index (χ0) is 21.3. The molecule has 2 heterocycles. The zero-order valence-corrected chi connectivity index (χ0v) is 16.9. The molecular weight excluding hydrogens is 379 g/mol. The van der Waals surface area contributed by atoms with Gasteiger partial charge in [0.15, 0.2) is 0 Å². The number of hydrogen-bond donors (Lipinski definition) is 3. The minimum atomic E-state index is -1.25. The maximum absolute atomic E-state index is 14.5. The second kappa shape index (κ2) is 7.72. The van der Waals surface area contributed by atoms with Crippen molar-refractivity contribution in [2.45, 2.75) is 26.0 Å². The highest BCUT2D eigenvalue weighted by molar-refractivity contribution is 5.79. The molecule has 0 aliphatic heterocycles. The van der Waals surface area contributed by atoms with Crippen LogP contribution in [0.15, 0.2) is 66.9 Å². The lowest BCUT2D eigenvalue weighted by molar-refractivity contribution is 0.0746. The van der Waals surface area contributed by atoms with Crippen LogP contribution in [0, 0.1) is 5.82 Å². The van der Waals surface area contributed by atoms with E-state index in [-0.39, 0.29) is 5.56 Å². The van der Waals surface area contributed by atoms with Crippen LogP contribution in [-0.4, -0.2) is 15.1 Å². The van der Waals surface area contributed by atoms with Crippen LogP contribution in [0.5, 0.6) is 0 Å². The molecule has 0 unspecified atom stereocenters. The van der Waals surface area contributed by atoms with Gasteiger partial charge in [-0.1, -0.05) is 24.3 Å². The van der Waals surface area contributed by atoms with E-state index in [1.54, 1.807) is 44.3 Å². The van der Waals surface area contributed by atoms with Crippen LogP contribution in [0.3, 0.4) is 0 Å². The van der Waals surface area contributed by atoms with Gasteiger partial charge in [-0.15, -0.1) is 0 Å². The van der Waals surface area contributed by atoms with E-state index < -0.39 is 11.4 Å². The van der Waals surface area contributed by atoms with Gasteiger partial charge in [0.1, 0.15) is 11.6 Å². The Morgan fingerprint density at radius 3 is 2.67 bits per heavy atom. The molecule has 6 heteroatoms. The smallest absolute Gasteiger partial charge is 0.150 e. The van der Waals surface area contributed by atoms with Crippen molar-refractivity contribution >= 4 is 22.4 Å². The Labute approximate surface area is 174 Å². The number of anilines is 2. The van der Waals surface area contributed by atoms with Gasteiger partial charge in [0.25, 0.3) is 0 Å². The lowest BCUT2D eigenvalue weighted by Crippen LogP contribution is -2.17. The van der Waals surface area contributed by atoms with Crippen LogP contribution < -0.4 is 11.1 Å². The second-order valence-corrected chi connectivity index (χ2v) is 7.77. The number of nitrogen functional groups attached to an aromatic ring is 1. The predicted molar refractivity (Wildman–Crippen MR) is 118 cm³/mol. The summed E-state index contributed by atoms with van der Waals surface area (Å²) in [7, 11) is 0. The van der Waals surface area contributed by atoms with E-state index in [4.69, 9.17) is 5.73 Å². The third kappa shape index (κ3) is 4.09. The van der Waals surface area contributed by atoms with Gasteiger partial charge in [-0.3, -0.25) is 4.98 Å². The SMILES string of the molecule is CC(C)(O)c1ccc(-c2ccc(N)c(NCc3ccc4ncccc4c3)n2)cc1F. The molecule has 0 fully saturated rings. The van der Waals surface area contributed by atoms with Crippen LogP contribution in [0.1, 0.15) is 25.0 Å². The fraction of sp³-hybridized carbons (Fsp3) is 0.167. The number of hydrogen-bond acceptors (Lipinski definition) is 5. The Hall–Kier alpha value is -3.51. The molecule has 2 aromatic carbocycles. The number of fused-ring (bicyclic) bond motifs is 1. The Kier molecular flexibility index (Phi) is 5.10. The van der Waals surface area contributed by atoms with Gasteiger partial charge in [-0.25, -0.2) is 9.37 Å². The summed E-state index contributed by atoms with van der Waals surface area (Å²) in [6.45, 7) is 3.65. The molecule has 0 saturated carbocycles. The van der Waals surface area contributed by atoms with Gasteiger partial charge in [0.2, 0.25) is 0 Å². The number of aromatic nitrogens is 2. The Morgan fingerprint density at radius 1 is 1.07 bits per heavy atom. The van der Waals surface area contributed by atoms with E-state index in [9.17, 15) is 9.50 Å². The van der Waals surface area contributed by atoms with Crippen LogP contribution in [0.4, 0.5) is 15.9 Å². The number of nitrogens with one attached hydrogen (secondary N) is 1. The number of benzene rings is 2. The van der Waals surface area contributed by atoms with Crippen molar-refractivity contribution in [2.24, 2.45) is 0 Å². The van der Waals surface area contributed by atoms with E-state index in [0.29, 0.717) is 29.3 Å². The summed E-state index contributed by atoms with van der Waals surface area (Å²) in [5, 5.41) is 14.4. The highest BCUT2D eigenvalue weighted by atomic mass is 19.1. The molecule has 0 saturated heterocycles. The Morgan fingerprint density at radius 2 is 1.90 bits per heavy atom. The first-order chi connectivity index (χ1) is 14.3. The van der Waals surface area contributed by atoms with Crippen LogP contribution in [0.2, 0.25) is 0 Å². The molecule has 0 atom stereocenters. The highest BCUT2D eigenvalue weighted by Gasteiger charge is 2.21. The van der Waals surface area contributed by atoms with E-state index in [0.717, 1.165) is 16.5 Å². The third-order valence-corrected chi connectivity index (χ3v) is 4.98. The van der Waals surface area contributed by atoms with Gasteiger partial charge < -0.3 is 16.2 Å². The van der Waals surface area contributed by atoms with Gasteiger partial charge in [0.05, 0.1) is 22.5 Å². The molecule has 152 valence electrons. The summed E-state index contributed by atoms with van der Waals surface area (Å²) < 4.78 is 14.5. The molecule has 30 heavy (non-hydrogen) atoms. The normalized spacial score (nSPS) is 11.6. The lowest BCUT2D eigenvalue weighted by Gasteiger charge is -2.19. The topological polar surface area (TPSA) is 84.1 Å². The molecular formula is C24H23FN4O. The van der Waals surface area contributed by atoms with Gasteiger partial charge in [-0.05, 0) is 55.8 Å². The molecule has 0 bridgehead atoms. The monoisotopic (exact) mass is 402 g/mol. The molecule has 0 spiro atoms. The number of halogens is 1. The third-order valence-electron chi connectivity index (χ3n) is 4.98. The Balaban J connectivity index is 1.58. The van der Waals surface area contributed by atoms with Crippen LogP contribution >= 0.6 is 0 Å².